The molecule has 0 aromatic heterocycles. The van der Waals surface area contributed by atoms with Crippen molar-refractivity contribution in [3.05, 3.63) is 59.7 Å². The fourth-order valence-electron chi connectivity index (χ4n) is 2.17. The smallest absolute Gasteiger partial charge is 0.251 e. The van der Waals surface area contributed by atoms with E-state index < -0.39 is 0 Å². The molecule has 110 valence electrons. The molecule has 1 aliphatic heterocycles. The first-order valence-electron chi connectivity index (χ1n) is 6.93. The van der Waals surface area contributed by atoms with Crippen LogP contribution in [0.4, 0.5) is 0 Å². The quantitative estimate of drug-likeness (QED) is 0.941. The lowest BCUT2D eigenvalue weighted by atomic mass is 10.1. The van der Waals surface area contributed by atoms with E-state index in [9.17, 15) is 4.79 Å². The van der Waals surface area contributed by atoms with Crippen molar-refractivity contribution < 1.29 is 14.3 Å². The maximum atomic E-state index is 12.0. The van der Waals surface area contributed by atoms with Gasteiger partial charge in [0, 0.05) is 5.56 Å². The van der Waals surface area contributed by atoms with Gasteiger partial charge in [-0.2, -0.15) is 5.26 Å². The van der Waals surface area contributed by atoms with Crippen molar-refractivity contribution in [3.8, 4) is 17.6 Å². The average molecular weight is 294 g/mol. The number of fused-ring (bicyclic) bond motifs is 1. The van der Waals surface area contributed by atoms with Crippen molar-refractivity contribution in [3.63, 3.8) is 0 Å². The highest BCUT2D eigenvalue weighted by molar-refractivity contribution is 5.94. The zero-order valence-corrected chi connectivity index (χ0v) is 11.8. The summed E-state index contributed by atoms with van der Waals surface area (Å²) in [5.74, 6) is 1.20. The van der Waals surface area contributed by atoms with Gasteiger partial charge in [0.15, 0.2) is 11.5 Å². The predicted octanol–water partition coefficient (Wildman–Crippen LogP) is 2.13. The minimum Gasteiger partial charge on any atom is -0.486 e. The number of carbonyl (C=O) groups is 1. The molecule has 3 rings (SSSR count). The zero-order valence-electron chi connectivity index (χ0n) is 11.8. The van der Waals surface area contributed by atoms with Crippen molar-refractivity contribution in [2.24, 2.45) is 0 Å². The number of carbonyl (C=O) groups excluding carboxylic acids is 1. The normalized spacial score (nSPS) is 15.7. The van der Waals surface area contributed by atoms with Crippen LogP contribution < -0.4 is 14.8 Å². The first-order chi connectivity index (χ1) is 10.8. The Morgan fingerprint density at radius 3 is 2.64 bits per heavy atom. The fourth-order valence-corrected chi connectivity index (χ4v) is 2.17. The first kappa shape index (κ1) is 14.0. The van der Waals surface area contributed by atoms with Crippen LogP contribution in [-0.4, -0.2) is 25.2 Å². The maximum absolute atomic E-state index is 12.0. The molecule has 1 heterocycles. The van der Waals surface area contributed by atoms with Crippen molar-refractivity contribution in [1.82, 2.24) is 5.32 Å². The van der Waals surface area contributed by atoms with Gasteiger partial charge in [0.05, 0.1) is 18.2 Å². The van der Waals surface area contributed by atoms with E-state index in [-0.39, 0.29) is 12.0 Å². The summed E-state index contributed by atoms with van der Waals surface area (Å²) in [7, 11) is 0. The Labute approximate surface area is 128 Å². The molecule has 0 fully saturated rings. The maximum Gasteiger partial charge on any atom is 0.251 e. The molecular formula is C17H14N2O3. The molecular weight excluding hydrogens is 280 g/mol. The van der Waals surface area contributed by atoms with Crippen LogP contribution in [0.5, 0.6) is 11.5 Å². The monoisotopic (exact) mass is 294 g/mol. The number of amides is 1. The van der Waals surface area contributed by atoms with Crippen molar-refractivity contribution in [2.75, 3.05) is 13.2 Å². The molecule has 2 aromatic carbocycles. The Kier molecular flexibility index (Phi) is 3.92. The van der Waals surface area contributed by atoms with E-state index in [4.69, 9.17) is 14.7 Å². The van der Waals surface area contributed by atoms with Gasteiger partial charge in [-0.3, -0.25) is 4.79 Å². The second-order valence-electron chi connectivity index (χ2n) is 4.90. The third-order valence-corrected chi connectivity index (χ3v) is 3.33. The summed E-state index contributed by atoms with van der Waals surface area (Å²) in [5.41, 5.74) is 1.04. The van der Waals surface area contributed by atoms with Crippen LogP contribution in [0.25, 0.3) is 0 Å². The van der Waals surface area contributed by atoms with E-state index >= 15 is 0 Å². The summed E-state index contributed by atoms with van der Waals surface area (Å²) in [4.78, 5) is 12.0. The van der Waals surface area contributed by atoms with E-state index in [1.807, 2.05) is 30.3 Å². The van der Waals surface area contributed by atoms with Crippen LogP contribution >= 0.6 is 0 Å². The van der Waals surface area contributed by atoms with Gasteiger partial charge >= 0.3 is 0 Å². The van der Waals surface area contributed by atoms with Crippen molar-refractivity contribution in [2.45, 2.75) is 6.10 Å². The molecule has 0 radical (unpaired) electrons. The van der Waals surface area contributed by atoms with Gasteiger partial charge in [-0.25, -0.2) is 0 Å². The number of hydrogen-bond donors (Lipinski definition) is 1. The van der Waals surface area contributed by atoms with Gasteiger partial charge in [-0.05, 0) is 36.4 Å². The molecule has 1 aliphatic rings. The third-order valence-electron chi connectivity index (χ3n) is 3.33. The predicted molar refractivity (Wildman–Crippen MR) is 79.8 cm³/mol. The minimum absolute atomic E-state index is 0.202. The SMILES string of the molecule is N#Cc1ccc(C(=O)NC[C@@H]2COc3ccccc3O2)cc1. The van der Waals surface area contributed by atoms with E-state index in [1.165, 1.54) is 0 Å². The molecule has 1 amide bonds. The number of nitriles is 1. The summed E-state index contributed by atoms with van der Waals surface area (Å²) in [6.07, 6.45) is -0.225. The van der Waals surface area contributed by atoms with Crippen molar-refractivity contribution >= 4 is 5.91 Å². The number of nitrogens with one attached hydrogen (secondary N) is 1. The number of para-hydroxylation sites is 2. The van der Waals surface area contributed by atoms with Gasteiger partial charge in [0.25, 0.3) is 5.91 Å². The van der Waals surface area contributed by atoms with Crippen molar-refractivity contribution in [1.29, 1.82) is 5.26 Å². The molecule has 1 atom stereocenters. The highest BCUT2D eigenvalue weighted by Crippen LogP contribution is 2.30. The van der Waals surface area contributed by atoms with E-state index in [2.05, 4.69) is 5.32 Å². The molecule has 0 saturated heterocycles. The molecule has 0 unspecified atom stereocenters. The van der Waals surface area contributed by atoms with Gasteiger partial charge in [0.1, 0.15) is 12.7 Å². The third kappa shape index (κ3) is 3.01. The van der Waals surface area contributed by atoms with Crippen LogP contribution in [0, 0.1) is 11.3 Å². The molecule has 22 heavy (non-hydrogen) atoms. The number of rotatable bonds is 3. The molecule has 1 N–H and O–H groups in total. The Hall–Kier alpha value is -3.00. The molecule has 2 aromatic rings. The summed E-state index contributed by atoms with van der Waals surface area (Å²) >= 11 is 0. The molecule has 5 nitrogen and oxygen atoms in total. The lowest BCUT2D eigenvalue weighted by Gasteiger charge is -2.26. The fraction of sp³-hybridized carbons (Fsp3) is 0.176. The van der Waals surface area contributed by atoms with Gasteiger partial charge in [-0.15, -0.1) is 0 Å². The topological polar surface area (TPSA) is 71.4 Å². The lowest BCUT2D eigenvalue weighted by molar-refractivity contribution is 0.0789. The van der Waals surface area contributed by atoms with E-state index in [1.54, 1.807) is 24.3 Å². The lowest BCUT2D eigenvalue weighted by Crippen LogP contribution is -2.40. The molecule has 0 bridgehead atoms. The Bertz CT molecular complexity index is 719. The molecule has 5 heteroatoms. The van der Waals surface area contributed by atoms with Crippen LogP contribution in [0.1, 0.15) is 15.9 Å². The van der Waals surface area contributed by atoms with Crippen LogP contribution in [-0.2, 0) is 0 Å². The van der Waals surface area contributed by atoms with E-state index in [0.29, 0.717) is 30.0 Å². The largest absolute Gasteiger partial charge is 0.486 e. The summed E-state index contributed by atoms with van der Waals surface area (Å²) in [6.45, 7) is 0.748. The zero-order chi connectivity index (χ0) is 15.4. The summed E-state index contributed by atoms with van der Waals surface area (Å²) in [5, 5.41) is 11.5. The van der Waals surface area contributed by atoms with Gasteiger partial charge < -0.3 is 14.8 Å². The van der Waals surface area contributed by atoms with Crippen LogP contribution in [0.2, 0.25) is 0 Å². The molecule has 0 aliphatic carbocycles. The second kappa shape index (κ2) is 6.19. The molecule has 0 spiro atoms. The highest BCUT2D eigenvalue weighted by Gasteiger charge is 2.21. The van der Waals surface area contributed by atoms with Gasteiger partial charge in [0.2, 0.25) is 0 Å². The highest BCUT2D eigenvalue weighted by atomic mass is 16.6. The van der Waals surface area contributed by atoms with Crippen LogP contribution in [0.15, 0.2) is 48.5 Å². The standard InChI is InChI=1S/C17H14N2O3/c18-9-12-5-7-13(8-6-12)17(20)19-10-14-11-21-15-3-1-2-4-16(15)22-14/h1-8,14H,10-11H2,(H,19,20)/t14-/m1/s1. The Balaban J connectivity index is 1.57. The van der Waals surface area contributed by atoms with E-state index in [0.717, 1.165) is 5.75 Å². The first-order valence-corrected chi connectivity index (χ1v) is 6.93. The average Bonchev–Trinajstić information content (AvgIpc) is 2.59. The second-order valence-corrected chi connectivity index (χ2v) is 4.90. The number of ether oxygens (including phenoxy) is 2. The number of hydrogen-bond acceptors (Lipinski definition) is 4. The van der Waals surface area contributed by atoms with Gasteiger partial charge in [-0.1, -0.05) is 12.1 Å². The number of nitrogens with zero attached hydrogens (tertiary/aromatic N) is 1. The summed E-state index contributed by atoms with van der Waals surface area (Å²) in [6, 6.07) is 15.9. The minimum atomic E-state index is -0.225. The Morgan fingerprint density at radius 2 is 1.91 bits per heavy atom. The molecule has 0 saturated carbocycles. The number of benzene rings is 2. The summed E-state index contributed by atoms with van der Waals surface area (Å²) < 4.78 is 11.4. The Morgan fingerprint density at radius 1 is 1.18 bits per heavy atom. The van der Waals surface area contributed by atoms with Crippen LogP contribution in [0.3, 0.4) is 0 Å².